The third-order valence-corrected chi connectivity index (χ3v) is 1.33. The molecule has 0 radical (unpaired) electrons. The van der Waals surface area contributed by atoms with Gasteiger partial charge in [0.25, 0.3) is 0 Å². The minimum Gasteiger partial charge on any atom is -0.448 e. The Hall–Kier alpha value is -1.82. The summed E-state index contributed by atoms with van der Waals surface area (Å²) in [6.07, 6.45) is 1.54. The standard InChI is InChI=1S/C10H9NO2/c1-2-3-8-13-10(12)9-6-4-5-7-11-9/h4-7H,8H2,1H3. The second kappa shape index (κ2) is 4.94. The van der Waals surface area contributed by atoms with Crippen LogP contribution in [0, 0.1) is 11.8 Å². The average molecular weight is 175 g/mol. The third-order valence-electron chi connectivity index (χ3n) is 1.33. The second-order valence-corrected chi connectivity index (χ2v) is 2.22. The molecule has 66 valence electrons. The van der Waals surface area contributed by atoms with Crippen LogP contribution in [0.2, 0.25) is 0 Å². The van der Waals surface area contributed by atoms with Gasteiger partial charge in [0.05, 0.1) is 0 Å². The Bertz CT molecular complexity index is 335. The maximum Gasteiger partial charge on any atom is 0.357 e. The fourth-order valence-corrected chi connectivity index (χ4v) is 0.731. The van der Waals surface area contributed by atoms with E-state index in [0.29, 0.717) is 5.69 Å². The summed E-state index contributed by atoms with van der Waals surface area (Å²) < 4.78 is 4.79. The fraction of sp³-hybridized carbons (Fsp3) is 0.200. The number of hydrogen-bond acceptors (Lipinski definition) is 3. The molecule has 0 atom stereocenters. The molecular formula is C10H9NO2. The number of aromatic nitrogens is 1. The molecule has 0 aliphatic rings. The Morgan fingerprint density at radius 3 is 3.08 bits per heavy atom. The largest absolute Gasteiger partial charge is 0.448 e. The van der Waals surface area contributed by atoms with Crippen LogP contribution in [0.4, 0.5) is 0 Å². The molecule has 0 unspecified atom stereocenters. The molecule has 0 aliphatic carbocycles. The van der Waals surface area contributed by atoms with Crippen molar-refractivity contribution in [2.45, 2.75) is 6.92 Å². The first-order valence-electron chi connectivity index (χ1n) is 3.82. The molecule has 1 rings (SSSR count). The van der Waals surface area contributed by atoms with E-state index in [4.69, 9.17) is 4.74 Å². The van der Waals surface area contributed by atoms with Crippen molar-refractivity contribution in [3.63, 3.8) is 0 Å². The van der Waals surface area contributed by atoms with E-state index >= 15 is 0 Å². The van der Waals surface area contributed by atoms with Crippen LogP contribution in [0.3, 0.4) is 0 Å². The maximum absolute atomic E-state index is 11.2. The maximum atomic E-state index is 11.2. The minimum absolute atomic E-state index is 0.117. The lowest BCUT2D eigenvalue weighted by Crippen LogP contribution is -2.06. The van der Waals surface area contributed by atoms with Crippen molar-refractivity contribution in [1.29, 1.82) is 0 Å². The van der Waals surface area contributed by atoms with Crippen LogP contribution in [-0.4, -0.2) is 17.6 Å². The van der Waals surface area contributed by atoms with Crippen molar-refractivity contribution in [1.82, 2.24) is 4.98 Å². The number of nitrogens with zero attached hydrogens (tertiary/aromatic N) is 1. The monoisotopic (exact) mass is 175 g/mol. The zero-order valence-corrected chi connectivity index (χ0v) is 7.28. The molecule has 0 aliphatic heterocycles. The predicted octanol–water partition coefficient (Wildman–Crippen LogP) is 1.26. The van der Waals surface area contributed by atoms with Crippen LogP contribution in [0.25, 0.3) is 0 Å². The summed E-state index contributed by atoms with van der Waals surface area (Å²) in [5.74, 6) is 4.81. The Labute approximate surface area is 76.8 Å². The van der Waals surface area contributed by atoms with Crippen molar-refractivity contribution in [3.8, 4) is 11.8 Å². The molecule has 1 aromatic heterocycles. The van der Waals surface area contributed by atoms with Crippen LogP contribution in [0.1, 0.15) is 17.4 Å². The molecule has 13 heavy (non-hydrogen) atoms. The normalized spacial score (nSPS) is 8.38. The molecule has 0 amide bonds. The molecule has 0 bridgehead atoms. The van der Waals surface area contributed by atoms with Gasteiger partial charge in [-0.25, -0.2) is 9.78 Å². The molecule has 0 saturated carbocycles. The van der Waals surface area contributed by atoms with Gasteiger partial charge < -0.3 is 4.74 Å². The molecule has 1 heterocycles. The third kappa shape index (κ3) is 2.96. The van der Waals surface area contributed by atoms with Gasteiger partial charge >= 0.3 is 5.97 Å². The van der Waals surface area contributed by atoms with Crippen molar-refractivity contribution in [2.75, 3.05) is 6.61 Å². The summed E-state index contributed by atoms with van der Waals surface area (Å²) in [6, 6.07) is 5.07. The van der Waals surface area contributed by atoms with Gasteiger partial charge in [0.2, 0.25) is 0 Å². The van der Waals surface area contributed by atoms with Gasteiger partial charge in [0.1, 0.15) is 5.69 Å². The summed E-state index contributed by atoms with van der Waals surface area (Å²) in [6.45, 7) is 1.81. The molecule has 1 aromatic rings. The number of pyridine rings is 1. The first-order chi connectivity index (χ1) is 6.34. The second-order valence-electron chi connectivity index (χ2n) is 2.22. The van der Waals surface area contributed by atoms with E-state index < -0.39 is 5.97 Å². The highest BCUT2D eigenvalue weighted by atomic mass is 16.5. The Kier molecular flexibility index (Phi) is 3.52. The fourth-order valence-electron chi connectivity index (χ4n) is 0.731. The van der Waals surface area contributed by atoms with E-state index in [-0.39, 0.29) is 6.61 Å². The Morgan fingerprint density at radius 1 is 1.62 bits per heavy atom. The van der Waals surface area contributed by atoms with Gasteiger partial charge in [0, 0.05) is 6.20 Å². The number of esters is 1. The Morgan fingerprint density at radius 2 is 2.46 bits per heavy atom. The van der Waals surface area contributed by atoms with E-state index in [0.717, 1.165) is 0 Å². The quantitative estimate of drug-likeness (QED) is 0.501. The van der Waals surface area contributed by atoms with E-state index in [1.54, 1.807) is 31.3 Å². The topological polar surface area (TPSA) is 39.2 Å². The van der Waals surface area contributed by atoms with Crippen molar-refractivity contribution >= 4 is 5.97 Å². The molecule has 0 saturated heterocycles. The van der Waals surface area contributed by atoms with Gasteiger partial charge in [0.15, 0.2) is 6.61 Å². The first-order valence-corrected chi connectivity index (χ1v) is 3.82. The summed E-state index contributed by atoms with van der Waals surface area (Å²) in [5.41, 5.74) is 0.306. The smallest absolute Gasteiger partial charge is 0.357 e. The first kappa shape index (κ1) is 9.27. The van der Waals surface area contributed by atoms with E-state index in [1.165, 1.54) is 0 Å². The number of carbonyl (C=O) groups excluding carboxylic acids is 1. The summed E-state index contributed by atoms with van der Waals surface area (Å²) in [7, 11) is 0. The SMILES string of the molecule is CC#CCOC(=O)c1ccccn1. The van der Waals surface area contributed by atoms with Gasteiger partial charge in [-0.3, -0.25) is 0 Å². The minimum atomic E-state index is -0.441. The lowest BCUT2D eigenvalue weighted by molar-refractivity contribution is 0.0550. The molecule has 3 nitrogen and oxygen atoms in total. The predicted molar refractivity (Wildman–Crippen MR) is 48.0 cm³/mol. The number of ether oxygens (including phenoxy) is 1. The lowest BCUT2D eigenvalue weighted by atomic mass is 10.4. The van der Waals surface area contributed by atoms with Crippen molar-refractivity contribution in [3.05, 3.63) is 30.1 Å². The highest BCUT2D eigenvalue weighted by molar-refractivity contribution is 5.87. The van der Waals surface area contributed by atoms with Crippen LogP contribution >= 0.6 is 0 Å². The van der Waals surface area contributed by atoms with E-state index in [2.05, 4.69) is 16.8 Å². The Balaban J connectivity index is 2.53. The number of carbonyl (C=O) groups is 1. The molecule has 0 fully saturated rings. The highest BCUT2D eigenvalue weighted by Gasteiger charge is 2.05. The summed E-state index contributed by atoms with van der Waals surface area (Å²) in [4.78, 5) is 15.0. The van der Waals surface area contributed by atoms with Crippen LogP contribution in [0.15, 0.2) is 24.4 Å². The molecule has 0 spiro atoms. The van der Waals surface area contributed by atoms with Gasteiger partial charge in [-0.15, -0.1) is 5.92 Å². The summed E-state index contributed by atoms with van der Waals surface area (Å²) >= 11 is 0. The zero-order valence-electron chi connectivity index (χ0n) is 7.28. The molecule has 0 N–H and O–H groups in total. The summed E-state index contributed by atoms with van der Waals surface area (Å²) in [5, 5.41) is 0. The van der Waals surface area contributed by atoms with Crippen LogP contribution in [-0.2, 0) is 4.74 Å². The molecular weight excluding hydrogens is 166 g/mol. The van der Waals surface area contributed by atoms with Crippen molar-refractivity contribution in [2.24, 2.45) is 0 Å². The van der Waals surface area contributed by atoms with Gasteiger partial charge in [-0.05, 0) is 19.1 Å². The molecule has 0 aromatic carbocycles. The molecule has 3 heteroatoms. The van der Waals surface area contributed by atoms with E-state index in [1.807, 2.05) is 0 Å². The van der Waals surface area contributed by atoms with Gasteiger partial charge in [-0.1, -0.05) is 12.0 Å². The van der Waals surface area contributed by atoms with Crippen LogP contribution < -0.4 is 0 Å². The zero-order chi connectivity index (χ0) is 9.52. The number of hydrogen-bond donors (Lipinski definition) is 0. The average Bonchev–Trinajstić information content (AvgIpc) is 2.19. The number of rotatable bonds is 2. The van der Waals surface area contributed by atoms with E-state index in [9.17, 15) is 4.79 Å². The van der Waals surface area contributed by atoms with Gasteiger partial charge in [-0.2, -0.15) is 0 Å². The highest BCUT2D eigenvalue weighted by Crippen LogP contribution is 1.95. The van der Waals surface area contributed by atoms with Crippen LogP contribution in [0.5, 0.6) is 0 Å². The lowest BCUT2D eigenvalue weighted by Gasteiger charge is -1.98. The van der Waals surface area contributed by atoms with Crippen molar-refractivity contribution < 1.29 is 9.53 Å².